The zero-order valence-electron chi connectivity index (χ0n) is 9.26. The predicted molar refractivity (Wildman–Crippen MR) is 60.8 cm³/mol. The summed E-state index contributed by atoms with van der Waals surface area (Å²) < 4.78 is 13.4. The number of rotatable bonds is 1. The Balaban J connectivity index is 2.18. The summed E-state index contributed by atoms with van der Waals surface area (Å²) in [7, 11) is 0. The van der Waals surface area contributed by atoms with E-state index in [4.69, 9.17) is 0 Å². The Morgan fingerprint density at radius 3 is 2.93 bits per heavy atom. The van der Waals surface area contributed by atoms with Crippen molar-refractivity contribution in [2.24, 2.45) is 0 Å². The molecule has 0 amide bonds. The molecule has 0 bridgehead atoms. The van der Waals surface area contributed by atoms with Crippen LogP contribution in [-0.4, -0.2) is 25.7 Å². The van der Waals surface area contributed by atoms with Crippen molar-refractivity contribution in [3.8, 4) is 0 Å². The smallest absolute Gasteiger partial charge is 0.128 e. The van der Waals surface area contributed by atoms with E-state index in [1.807, 2.05) is 12.1 Å². The zero-order valence-corrected chi connectivity index (χ0v) is 9.26. The molecule has 1 aromatic carbocycles. The third-order valence-electron chi connectivity index (χ3n) is 2.89. The second kappa shape index (κ2) is 4.19. The number of anilines is 1. The summed E-state index contributed by atoms with van der Waals surface area (Å²) in [6, 6.07) is 5.95. The Hall–Kier alpha value is -1.09. The minimum absolute atomic E-state index is 0.112. The van der Waals surface area contributed by atoms with Crippen LogP contribution in [0.1, 0.15) is 12.5 Å². The summed E-state index contributed by atoms with van der Waals surface area (Å²) in [5.74, 6) is -0.112. The van der Waals surface area contributed by atoms with E-state index in [-0.39, 0.29) is 5.82 Å². The van der Waals surface area contributed by atoms with Crippen molar-refractivity contribution in [3.05, 3.63) is 29.6 Å². The minimum Gasteiger partial charge on any atom is -0.369 e. The van der Waals surface area contributed by atoms with Gasteiger partial charge in [0.15, 0.2) is 0 Å². The molecule has 1 fully saturated rings. The predicted octanol–water partition coefficient (Wildman–Crippen LogP) is 1.93. The standard InChI is InChI=1S/C12H17FN2/c1-9-3-4-11(7-12(9)13)15-6-5-14-10(2)8-15/h3-4,7,10,14H,5-6,8H2,1-2H3/t10-/m1/s1. The van der Waals surface area contributed by atoms with Crippen molar-refractivity contribution in [3.63, 3.8) is 0 Å². The maximum atomic E-state index is 13.4. The lowest BCUT2D eigenvalue weighted by Gasteiger charge is -2.33. The van der Waals surface area contributed by atoms with E-state index in [0.717, 1.165) is 25.3 Å². The average molecular weight is 208 g/mol. The van der Waals surface area contributed by atoms with Crippen LogP contribution in [-0.2, 0) is 0 Å². The monoisotopic (exact) mass is 208 g/mol. The summed E-state index contributed by atoms with van der Waals surface area (Å²) >= 11 is 0. The summed E-state index contributed by atoms with van der Waals surface area (Å²) in [6.45, 7) is 6.81. The molecule has 1 atom stereocenters. The summed E-state index contributed by atoms with van der Waals surface area (Å²) in [5.41, 5.74) is 1.70. The second-order valence-corrected chi connectivity index (χ2v) is 4.23. The number of nitrogens with one attached hydrogen (secondary N) is 1. The molecule has 1 saturated heterocycles. The highest BCUT2D eigenvalue weighted by Gasteiger charge is 2.16. The van der Waals surface area contributed by atoms with E-state index in [1.54, 1.807) is 13.0 Å². The van der Waals surface area contributed by atoms with E-state index in [2.05, 4.69) is 17.1 Å². The quantitative estimate of drug-likeness (QED) is 0.758. The fourth-order valence-electron chi connectivity index (χ4n) is 1.95. The van der Waals surface area contributed by atoms with Gasteiger partial charge in [-0.15, -0.1) is 0 Å². The van der Waals surface area contributed by atoms with Crippen molar-refractivity contribution >= 4 is 5.69 Å². The number of benzene rings is 1. The number of hydrogen-bond acceptors (Lipinski definition) is 2. The van der Waals surface area contributed by atoms with Crippen molar-refractivity contribution in [1.82, 2.24) is 5.32 Å². The van der Waals surface area contributed by atoms with Gasteiger partial charge in [0.05, 0.1) is 0 Å². The molecular formula is C12H17FN2. The third kappa shape index (κ3) is 2.29. The Bertz CT molecular complexity index is 351. The first-order valence-electron chi connectivity index (χ1n) is 5.41. The maximum Gasteiger partial charge on any atom is 0.128 e. The molecule has 2 rings (SSSR count). The molecular weight excluding hydrogens is 191 g/mol. The molecule has 0 aromatic heterocycles. The van der Waals surface area contributed by atoms with Crippen molar-refractivity contribution < 1.29 is 4.39 Å². The van der Waals surface area contributed by atoms with Gasteiger partial charge >= 0.3 is 0 Å². The zero-order chi connectivity index (χ0) is 10.8. The fourth-order valence-corrected chi connectivity index (χ4v) is 1.95. The lowest BCUT2D eigenvalue weighted by molar-refractivity contribution is 0.484. The SMILES string of the molecule is Cc1ccc(N2CCN[C@H](C)C2)cc1F. The van der Waals surface area contributed by atoms with Crippen LogP contribution in [0.2, 0.25) is 0 Å². The van der Waals surface area contributed by atoms with Gasteiger partial charge in [0.25, 0.3) is 0 Å². The van der Waals surface area contributed by atoms with Gasteiger partial charge in [0.1, 0.15) is 5.82 Å². The molecule has 0 saturated carbocycles. The third-order valence-corrected chi connectivity index (χ3v) is 2.89. The number of halogens is 1. The van der Waals surface area contributed by atoms with Crippen LogP contribution in [0.15, 0.2) is 18.2 Å². The van der Waals surface area contributed by atoms with Gasteiger partial charge in [-0.3, -0.25) is 0 Å². The molecule has 3 heteroatoms. The van der Waals surface area contributed by atoms with Gasteiger partial charge < -0.3 is 10.2 Å². The molecule has 0 unspecified atom stereocenters. The highest BCUT2D eigenvalue weighted by atomic mass is 19.1. The summed E-state index contributed by atoms with van der Waals surface area (Å²) in [5, 5.41) is 3.37. The molecule has 0 aliphatic carbocycles. The normalized spacial score (nSPS) is 21.8. The van der Waals surface area contributed by atoms with Crippen LogP contribution in [0, 0.1) is 12.7 Å². The van der Waals surface area contributed by atoms with Gasteiger partial charge in [-0.25, -0.2) is 4.39 Å². The van der Waals surface area contributed by atoms with Gasteiger partial charge in [-0.2, -0.15) is 0 Å². The van der Waals surface area contributed by atoms with Crippen LogP contribution in [0.4, 0.5) is 10.1 Å². The van der Waals surface area contributed by atoms with Crippen LogP contribution in [0.25, 0.3) is 0 Å². The van der Waals surface area contributed by atoms with Crippen LogP contribution in [0.5, 0.6) is 0 Å². The first kappa shape index (κ1) is 10.4. The molecule has 1 aliphatic rings. The summed E-state index contributed by atoms with van der Waals surface area (Å²) in [6.07, 6.45) is 0. The Morgan fingerprint density at radius 2 is 2.27 bits per heavy atom. The average Bonchev–Trinajstić information content (AvgIpc) is 2.22. The van der Waals surface area contributed by atoms with E-state index in [1.165, 1.54) is 0 Å². The highest BCUT2D eigenvalue weighted by molar-refractivity contribution is 5.48. The number of nitrogens with zero attached hydrogens (tertiary/aromatic N) is 1. The van der Waals surface area contributed by atoms with E-state index in [9.17, 15) is 4.39 Å². The molecule has 1 aromatic rings. The highest BCUT2D eigenvalue weighted by Crippen LogP contribution is 2.19. The first-order chi connectivity index (χ1) is 7.16. The van der Waals surface area contributed by atoms with Gasteiger partial charge in [0, 0.05) is 31.4 Å². The van der Waals surface area contributed by atoms with Gasteiger partial charge in [0.2, 0.25) is 0 Å². The molecule has 0 radical (unpaired) electrons. The Morgan fingerprint density at radius 1 is 1.47 bits per heavy atom. The van der Waals surface area contributed by atoms with Crippen LogP contribution in [0.3, 0.4) is 0 Å². The fraction of sp³-hybridized carbons (Fsp3) is 0.500. The van der Waals surface area contributed by atoms with Crippen LogP contribution < -0.4 is 10.2 Å². The lowest BCUT2D eigenvalue weighted by Crippen LogP contribution is -2.49. The molecule has 1 N–H and O–H groups in total. The van der Waals surface area contributed by atoms with Crippen molar-refractivity contribution in [2.45, 2.75) is 19.9 Å². The molecule has 15 heavy (non-hydrogen) atoms. The Kier molecular flexibility index (Phi) is 2.91. The topological polar surface area (TPSA) is 15.3 Å². The molecule has 0 spiro atoms. The van der Waals surface area contributed by atoms with E-state index in [0.29, 0.717) is 11.6 Å². The van der Waals surface area contributed by atoms with Crippen molar-refractivity contribution in [1.29, 1.82) is 0 Å². The summed E-state index contributed by atoms with van der Waals surface area (Å²) in [4.78, 5) is 2.23. The lowest BCUT2D eigenvalue weighted by atomic mass is 10.1. The second-order valence-electron chi connectivity index (χ2n) is 4.23. The molecule has 82 valence electrons. The minimum atomic E-state index is -0.112. The van der Waals surface area contributed by atoms with E-state index >= 15 is 0 Å². The molecule has 2 nitrogen and oxygen atoms in total. The Labute approximate surface area is 90.1 Å². The number of hydrogen-bond donors (Lipinski definition) is 1. The largest absolute Gasteiger partial charge is 0.369 e. The van der Waals surface area contributed by atoms with Crippen LogP contribution >= 0.6 is 0 Å². The number of aryl methyl sites for hydroxylation is 1. The van der Waals surface area contributed by atoms with Gasteiger partial charge in [-0.1, -0.05) is 6.07 Å². The maximum absolute atomic E-state index is 13.4. The molecule has 1 heterocycles. The van der Waals surface area contributed by atoms with Crippen molar-refractivity contribution in [2.75, 3.05) is 24.5 Å². The van der Waals surface area contributed by atoms with Gasteiger partial charge in [-0.05, 0) is 31.5 Å². The number of piperazine rings is 1. The first-order valence-corrected chi connectivity index (χ1v) is 5.41. The molecule has 1 aliphatic heterocycles. The van der Waals surface area contributed by atoms with E-state index < -0.39 is 0 Å².